The number of nitrogens with one attached hydrogen (secondary N) is 2. The molecule has 11 heteroatoms. The molecule has 2 aliphatic rings. The summed E-state index contributed by atoms with van der Waals surface area (Å²) in [6.07, 6.45) is 1.08. The summed E-state index contributed by atoms with van der Waals surface area (Å²) in [5.74, 6) is -4.81. The predicted molar refractivity (Wildman–Crippen MR) is 132 cm³/mol. The first-order valence-electron chi connectivity index (χ1n) is 11.7. The van der Waals surface area contributed by atoms with Crippen molar-refractivity contribution < 1.29 is 32.9 Å². The Morgan fingerprint density at radius 3 is 2.61 bits per heavy atom. The summed E-state index contributed by atoms with van der Waals surface area (Å²) in [6, 6.07) is 6.08. The van der Waals surface area contributed by atoms with E-state index in [9.17, 15) is 23.1 Å². The Morgan fingerprint density at radius 2 is 1.97 bits per heavy atom. The van der Waals surface area contributed by atoms with Gasteiger partial charge in [0.05, 0.1) is 30.9 Å². The molecule has 0 aromatic heterocycles. The van der Waals surface area contributed by atoms with Crippen LogP contribution in [0.4, 0.5) is 18.9 Å². The van der Waals surface area contributed by atoms with Crippen LogP contribution < -0.4 is 10.6 Å². The van der Waals surface area contributed by atoms with Gasteiger partial charge in [-0.15, -0.1) is 11.8 Å². The lowest BCUT2D eigenvalue weighted by Crippen LogP contribution is -2.46. The van der Waals surface area contributed by atoms with E-state index in [0.717, 1.165) is 6.42 Å². The van der Waals surface area contributed by atoms with Gasteiger partial charge in [-0.25, -0.2) is 13.2 Å². The maximum atomic E-state index is 13.5. The van der Waals surface area contributed by atoms with Crippen molar-refractivity contribution in [1.82, 2.24) is 5.32 Å². The number of ether oxygens (including phenoxy) is 1. The third-order valence-electron chi connectivity index (χ3n) is 6.90. The second-order valence-electron chi connectivity index (χ2n) is 9.34. The van der Waals surface area contributed by atoms with Gasteiger partial charge < -0.3 is 25.6 Å². The first-order chi connectivity index (χ1) is 17.1. The minimum Gasteiger partial charge on any atom is -0.395 e. The first kappa shape index (κ1) is 27.2. The summed E-state index contributed by atoms with van der Waals surface area (Å²) >= 11 is 7.87. The Hall–Kier alpha value is -1.82. The molecule has 6 nitrogen and oxygen atoms in total. The summed E-state index contributed by atoms with van der Waals surface area (Å²) in [4.78, 5) is 13.3. The van der Waals surface area contributed by atoms with E-state index in [4.69, 9.17) is 21.4 Å². The van der Waals surface area contributed by atoms with Crippen LogP contribution in [0.1, 0.15) is 30.1 Å². The number of anilines is 1. The highest BCUT2D eigenvalue weighted by atomic mass is 35.5. The number of carbonyl (C=O) groups excluding carboxylic acids is 1. The van der Waals surface area contributed by atoms with E-state index in [-0.39, 0.29) is 40.5 Å². The van der Waals surface area contributed by atoms with Crippen molar-refractivity contribution in [2.24, 2.45) is 11.3 Å². The molecule has 3 unspecified atom stereocenters. The van der Waals surface area contributed by atoms with Crippen LogP contribution in [0.3, 0.4) is 0 Å². The van der Waals surface area contributed by atoms with Crippen molar-refractivity contribution in [3.8, 4) is 0 Å². The number of benzene rings is 2. The Kier molecular flexibility index (Phi) is 8.53. The van der Waals surface area contributed by atoms with Gasteiger partial charge in [-0.1, -0.05) is 11.6 Å². The third kappa shape index (κ3) is 5.69. The molecule has 0 heterocycles. The van der Waals surface area contributed by atoms with Gasteiger partial charge in [0.15, 0.2) is 17.5 Å². The fourth-order valence-electron chi connectivity index (χ4n) is 4.63. The van der Waals surface area contributed by atoms with Crippen LogP contribution in [0.5, 0.6) is 0 Å². The van der Waals surface area contributed by atoms with Crippen molar-refractivity contribution in [1.29, 1.82) is 0 Å². The van der Waals surface area contributed by atoms with Gasteiger partial charge in [-0.05, 0) is 43.9 Å². The number of amides is 1. The van der Waals surface area contributed by atoms with Gasteiger partial charge in [-0.3, -0.25) is 4.79 Å². The van der Waals surface area contributed by atoms with Gasteiger partial charge >= 0.3 is 0 Å². The van der Waals surface area contributed by atoms with Crippen molar-refractivity contribution in [3.05, 3.63) is 58.4 Å². The quantitative estimate of drug-likeness (QED) is 0.250. The van der Waals surface area contributed by atoms with E-state index in [1.807, 2.05) is 6.92 Å². The van der Waals surface area contributed by atoms with Crippen LogP contribution in [0.15, 0.2) is 35.2 Å². The first-order valence-corrected chi connectivity index (χ1v) is 12.9. The van der Waals surface area contributed by atoms with E-state index in [2.05, 4.69) is 10.6 Å². The largest absolute Gasteiger partial charge is 0.395 e. The normalized spacial score (nSPS) is 25.5. The van der Waals surface area contributed by atoms with E-state index in [1.165, 1.54) is 17.8 Å². The topological polar surface area (TPSA) is 90.8 Å². The van der Waals surface area contributed by atoms with E-state index >= 15 is 0 Å². The summed E-state index contributed by atoms with van der Waals surface area (Å²) < 4.78 is 45.9. The lowest BCUT2D eigenvalue weighted by atomic mass is 9.69. The van der Waals surface area contributed by atoms with Gasteiger partial charge in [0, 0.05) is 51.5 Å². The number of carbonyl (C=O) groups is 1. The highest BCUT2D eigenvalue weighted by Gasteiger charge is 2.69. The van der Waals surface area contributed by atoms with E-state index in [0.29, 0.717) is 48.2 Å². The SMILES string of the molecule is CC(CO)NCCOCC1CC(Sc2cc(C(=O)Nc3cc(F)c(F)c(F)c3)ccc2Cl)[C@@]12C[C@H]2O. The number of halogens is 4. The highest BCUT2D eigenvalue weighted by Crippen LogP contribution is 2.69. The fraction of sp³-hybridized carbons (Fsp3) is 0.480. The molecule has 36 heavy (non-hydrogen) atoms. The van der Waals surface area contributed by atoms with Crippen LogP contribution in [0.25, 0.3) is 0 Å². The van der Waals surface area contributed by atoms with Gasteiger partial charge in [0.2, 0.25) is 0 Å². The molecule has 0 radical (unpaired) electrons. The molecule has 4 N–H and O–H groups in total. The molecule has 2 aromatic carbocycles. The Labute approximate surface area is 216 Å². The van der Waals surface area contributed by atoms with Crippen molar-refractivity contribution in [3.63, 3.8) is 0 Å². The summed E-state index contributed by atoms with van der Waals surface area (Å²) in [5.41, 5.74) is -0.231. The molecular formula is C25H28ClF3N2O4S. The third-order valence-corrected chi connectivity index (χ3v) is 8.85. The molecule has 2 aromatic rings. The van der Waals surface area contributed by atoms with Crippen LogP contribution in [0, 0.1) is 28.8 Å². The van der Waals surface area contributed by atoms with Gasteiger partial charge in [0.25, 0.3) is 5.91 Å². The molecule has 4 rings (SSSR count). The smallest absolute Gasteiger partial charge is 0.255 e. The monoisotopic (exact) mass is 544 g/mol. The molecule has 2 aliphatic carbocycles. The average molecular weight is 545 g/mol. The predicted octanol–water partition coefficient (Wildman–Crippen LogP) is 4.23. The Balaban J connectivity index is 1.35. The zero-order chi connectivity index (χ0) is 26.0. The molecule has 0 bridgehead atoms. The van der Waals surface area contributed by atoms with E-state index < -0.39 is 29.5 Å². The molecule has 0 saturated heterocycles. The second-order valence-corrected chi connectivity index (χ2v) is 11.0. The van der Waals surface area contributed by atoms with Crippen molar-refractivity contribution >= 4 is 35.0 Å². The van der Waals surface area contributed by atoms with Crippen molar-refractivity contribution in [2.45, 2.75) is 42.1 Å². The number of rotatable bonds is 11. The molecule has 5 atom stereocenters. The molecule has 2 fully saturated rings. The molecule has 196 valence electrons. The number of thioether (sulfide) groups is 1. The average Bonchev–Trinajstić information content (AvgIpc) is 3.56. The standard InChI is InChI=1S/C25H28ClF3N2O4S/c1-13(11-32)30-4-5-35-12-15-7-22(25(15)10-21(25)33)36-20-6-14(2-3-17(20)26)24(34)31-16-8-18(27)23(29)19(28)9-16/h2-3,6,8-9,13,15,21-22,30,32-33H,4-5,7,10-12H2,1H3,(H,31,34)/t13?,15?,21-,22?,25+/m1/s1. The number of hydrogen-bond donors (Lipinski definition) is 4. The lowest BCUT2D eigenvalue weighted by Gasteiger charge is -2.45. The minimum absolute atomic E-state index is 0.00953. The second kappa shape index (κ2) is 11.3. The van der Waals surface area contributed by atoms with Crippen LogP contribution in [0.2, 0.25) is 5.02 Å². The van der Waals surface area contributed by atoms with Gasteiger partial charge in [-0.2, -0.15) is 0 Å². The zero-order valence-electron chi connectivity index (χ0n) is 19.6. The number of hydrogen-bond acceptors (Lipinski definition) is 6. The summed E-state index contributed by atoms with van der Waals surface area (Å²) in [6.45, 7) is 3.62. The molecule has 2 saturated carbocycles. The van der Waals surface area contributed by atoms with Gasteiger partial charge in [0.1, 0.15) is 0 Å². The van der Waals surface area contributed by atoms with Crippen molar-refractivity contribution in [2.75, 3.05) is 31.7 Å². The molecular weight excluding hydrogens is 517 g/mol. The molecule has 1 amide bonds. The zero-order valence-corrected chi connectivity index (χ0v) is 21.1. The lowest BCUT2D eigenvalue weighted by molar-refractivity contribution is 0.00391. The Bertz CT molecular complexity index is 1100. The van der Waals surface area contributed by atoms with Crippen LogP contribution in [-0.2, 0) is 4.74 Å². The fourth-order valence-corrected chi connectivity index (χ4v) is 6.56. The van der Waals surface area contributed by atoms with Crippen LogP contribution >= 0.6 is 23.4 Å². The summed E-state index contributed by atoms with van der Waals surface area (Å²) in [7, 11) is 0. The van der Waals surface area contributed by atoms with Crippen LogP contribution in [-0.4, -0.2) is 59.9 Å². The summed E-state index contributed by atoms with van der Waals surface area (Å²) in [5, 5.41) is 25.5. The Morgan fingerprint density at radius 1 is 1.28 bits per heavy atom. The maximum Gasteiger partial charge on any atom is 0.255 e. The molecule has 1 spiro atoms. The molecule has 0 aliphatic heterocycles. The number of aliphatic hydroxyl groups excluding tert-OH is 2. The maximum absolute atomic E-state index is 13.5. The number of aliphatic hydroxyl groups is 2. The van der Waals surface area contributed by atoms with E-state index in [1.54, 1.807) is 12.1 Å². The highest BCUT2D eigenvalue weighted by molar-refractivity contribution is 8.00. The minimum atomic E-state index is -1.61.